The molecule has 0 radical (unpaired) electrons. The molecule has 1 aliphatic carbocycles. The predicted octanol–water partition coefficient (Wildman–Crippen LogP) is 3.21. The topological polar surface area (TPSA) is 65.0 Å². The number of methoxy groups -OCH3 is 1. The molecule has 2 aromatic rings. The highest BCUT2D eigenvalue weighted by Gasteiger charge is 2.21. The quantitative estimate of drug-likeness (QED) is 0.452. The molecule has 0 unspecified atom stereocenters. The lowest BCUT2D eigenvalue weighted by Crippen LogP contribution is -2.44. The Morgan fingerprint density at radius 1 is 1.04 bits per heavy atom. The second kappa shape index (κ2) is 6.72. The maximum atomic E-state index is 12.4. The van der Waals surface area contributed by atoms with E-state index in [9.17, 15) is 4.79 Å². The Morgan fingerprint density at radius 2 is 1.85 bits per heavy atom. The molecule has 0 spiro atoms. The third-order valence-electron chi connectivity index (χ3n) is 4.82. The van der Waals surface area contributed by atoms with Gasteiger partial charge in [-0.2, -0.15) is 0 Å². The third-order valence-corrected chi connectivity index (χ3v) is 4.82. The number of benzene rings is 3. The first-order valence-corrected chi connectivity index (χ1v) is 8.88. The van der Waals surface area contributed by atoms with E-state index in [4.69, 9.17) is 14.6 Å². The van der Waals surface area contributed by atoms with E-state index in [-0.39, 0.29) is 5.97 Å². The number of carbonyl (C=O) groups excluding carboxylic acids is 1. The van der Waals surface area contributed by atoms with Gasteiger partial charge in [-0.3, -0.25) is 5.41 Å². The molecule has 2 aromatic carbocycles. The van der Waals surface area contributed by atoms with Gasteiger partial charge in [0.1, 0.15) is 11.3 Å². The minimum absolute atomic E-state index is 0.367. The summed E-state index contributed by atoms with van der Waals surface area (Å²) >= 11 is 0. The molecule has 4 rings (SSSR count). The summed E-state index contributed by atoms with van der Waals surface area (Å²) in [6, 6.07) is 19.2. The van der Waals surface area contributed by atoms with Crippen molar-refractivity contribution in [1.82, 2.24) is 0 Å². The number of carbonyl (C=O) groups is 1. The Morgan fingerprint density at radius 3 is 2.63 bits per heavy atom. The molecular weight excluding hydrogens is 338 g/mol. The molecule has 4 nitrogen and oxygen atoms in total. The Kier molecular flexibility index (Phi) is 4.24. The van der Waals surface area contributed by atoms with Crippen LogP contribution in [0.15, 0.2) is 65.1 Å². The Bertz CT molecular complexity index is 1190. The Hall–Kier alpha value is -3.40. The van der Waals surface area contributed by atoms with Crippen LogP contribution in [0.2, 0.25) is 0 Å². The van der Waals surface area contributed by atoms with E-state index < -0.39 is 0 Å². The van der Waals surface area contributed by atoms with E-state index in [1.165, 1.54) is 12.7 Å². The van der Waals surface area contributed by atoms with Crippen molar-refractivity contribution in [3.05, 3.63) is 77.1 Å². The average molecular weight is 358 g/mol. The van der Waals surface area contributed by atoms with E-state index in [1.54, 1.807) is 6.07 Å². The molecule has 0 bridgehead atoms. The Labute approximate surface area is 156 Å². The molecule has 0 aromatic heterocycles. The molecule has 2 N–H and O–H groups in total. The van der Waals surface area contributed by atoms with Gasteiger partial charge in [0, 0.05) is 22.6 Å². The van der Waals surface area contributed by atoms with Crippen LogP contribution in [-0.4, -0.2) is 13.1 Å². The van der Waals surface area contributed by atoms with Crippen molar-refractivity contribution in [3.8, 4) is 22.5 Å². The summed E-state index contributed by atoms with van der Waals surface area (Å²) in [5.41, 5.74) is 5.12. The first-order valence-electron chi connectivity index (χ1n) is 8.88. The normalized spacial score (nSPS) is 11.0. The van der Waals surface area contributed by atoms with E-state index in [1.807, 2.05) is 42.5 Å². The summed E-state index contributed by atoms with van der Waals surface area (Å²) in [6.07, 6.45) is 0.911. The van der Waals surface area contributed by atoms with E-state index in [0.717, 1.165) is 34.1 Å². The highest BCUT2D eigenvalue weighted by molar-refractivity contribution is 6.07. The largest absolute Gasteiger partial charge is 0.465 e. The van der Waals surface area contributed by atoms with Crippen LogP contribution in [0.3, 0.4) is 0 Å². The average Bonchev–Trinajstić information content (AvgIpc) is 2.70. The molecule has 134 valence electrons. The first kappa shape index (κ1) is 17.0. The number of hydrogen-bond donors (Lipinski definition) is 1. The second-order valence-electron chi connectivity index (χ2n) is 6.45. The van der Waals surface area contributed by atoms with Crippen molar-refractivity contribution in [3.63, 3.8) is 0 Å². The van der Waals surface area contributed by atoms with Crippen molar-refractivity contribution in [2.24, 2.45) is 0 Å². The SMILES string of the molecule is CCc1ccc2c(-c3ccccc3C(=O)OC)c3ccc(=[NH2+])cc-3oc2c1. The van der Waals surface area contributed by atoms with Gasteiger partial charge in [-0.25, -0.2) is 4.79 Å². The Balaban J connectivity index is 2.16. The van der Waals surface area contributed by atoms with Gasteiger partial charge in [0.2, 0.25) is 0 Å². The van der Waals surface area contributed by atoms with E-state index in [0.29, 0.717) is 16.7 Å². The number of ether oxygens (including phenoxy) is 1. The van der Waals surface area contributed by atoms with Crippen LogP contribution in [0, 0.1) is 0 Å². The summed E-state index contributed by atoms with van der Waals surface area (Å²) in [5, 5.41) is 7.55. The lowest BCUT2D eigenvalue weighted by atomic mass is 9.90. The molecule has 1 heterocycles. The molecule has 0 amide bonds. The number of rotatable bonds is 3. The number of esters is 1. The number of aryl methyl sites for hydroxylation is 1. The zero-order valence-corrected chi connectivity index (χ0v) is 15.3. The number of nitrogens with two attached hydrogens (primary N) is 1. The van der Waals surface area contributed by atoms with Crippen molar-refractivity contribution in [1.29, 1.82) is 0 Å². The molecule has 2 aliphatic rings. The van der Waals surface area contributed by atoms with E-state index >= 15 is 0 Å². The molecule has 0 saturated carbocycles. The van der Waals surface area contributed by atoms with Crippen LogP contribution in [0.5, 0.6) is 0 Å². The zero-order valence-electron chi connectivity index (χ0n) is 15.3. The van der Waals surface area contributed by atoms with Gasteiger partial charge in [0.05, 0.1) is 18.7 Å². The van der Waals surface area contributed by atoms with Gasteiger partial charge < -0.3 is 9.15 Å². The lowest BCUT2D eigenvalue weighted by Gasteiger charge is -2.17. The molecule has 4 heteroatoms. The second-order valence-corrected chi connectivity index (χ2v) is 6.45. The minimum atomic E-state index is -0.367. The van der Waals surface area contributed by atoms with Crippen LogP contribution in [0.1, 0.15) is 22.8 Å². The van der Waals surface area contributed by atoms with Gasteiger partial charge in [-0.15, -0.1) is 0 Å². The summed E-state index contributed by atoms with van der Waals surface area (Å²) in [6.45, 7) is 2.10. The standard InChI is InChI=1S/C23H19NO3/c1-3-14-8-10-18-20(12-14)27-21-13-15(24)9-11-19(21)22(18)16-6-4-5-7-17(16)23(25)26-2/h4-13,24H,3H2,1-2H3/p+1. The molecular formula is C23H20NO3+. The summed E-state index contributed by atoms with van der Waals surface area (Å²) in [4.78, 5) is 12.4. The number of fused-ring (bicyclic) bond motifs is 2. The fraction of sp³-hybridized carbons (Fsp3) is 0.130. The monoisotopic (exact) mass is 358 g/mol. The molecule has 0 fully saturated rings. The molecule has 1 aliphatic heterocycles. The predicted molar refractivity (Wildman–Crippen MR) is 104 cm³/mol. The molecule has 0 atom stereocenters. The minimum Gasteiger partial charge on any atom is -0.465 e. The van der Waals surface area contributed by atoms with E-state index in [2.05, 4.69) is 19.1 Å². The van der Waals surface area contributed by atoms with Crippen molar-refractivity contribution in [2.75, 3.05) is 7.11 Å². The summed E-state index contributed by atoms with van der Waals surface area (Å²) < 4.78 is 11.2. The summed E-state index contributed by atoms with van der Waals surface area (Å²) in [7, 11) is 1.39. The maximum absolute atomic E-state index is 12.4. The highest BCUT2D eigenvalue weighted by atomic mass is 16.5. The summed E-state index contributed by atoms with van der Waals surface area (Å²) in [5.74, 6) is 0.318. The fourth-order valence-corrected chi connectivity index (χ4v) is 3.45. The van der Waals surface area contributed by atoms with Gasteiger partial charge in [-0.1, -0.05) is 37.3 Å². The smallest absolute Gasteiger partial charge is 0.338 e. The third kappa shape index (κ3) is 2.89. The van der Waals surface area contributed by atoms with Crippen LogP contribution in [0.4, 0.5) is 0 Å². The highest BCUT2D eigenvalue weighted by Crippen LogP contribution is 2.41. The van der Waals surface area contributed by atoms with Crippen LogP contribution in [0.25, 0.3) is 33.4 Å². The van der Waals surface area contributed by atoms with Crippen molar-refractivity contribution >= 4 is 16.9 Å². The van der Waals surface area contributed by atoms with Gasteiger partial charge in [0.15, 0.2) is 5.36 Å². The molecule has 27 heavy (non-hydrogen) atoms. The lowest BCUT2D eigenvalue weighted by molar-refractivity contribution is -0.172. The van der Waals surface area contributed by atoms with Crippen molar-refractivity contribution < 1.29 is 19.4 Å². The van der Waals surface area contributed by atoms with Gasteiger partial charge in [0.25, 0.3) is 0 Å². The number of hydrogen-bond acceptors (Lipinski definition) is 3. The van der Waals surface area contributed by atoms with Crippen LogP contribution < -0.4 is 10.8 Å². The molecule has 0 saturated heterocycles. The maximum Gasteiger partial charge on any atom is 0.338 e. The van der Waals surface area contributed by atoms with Gasteiger partial charge >= 0.3 is 5.97 Å². The van der Waals surface area contributed by atoms with Gasteiger partial charge in [-0.05, 0) is 35.7 Å². The fourth-order valence-electron chi connectivity index (χ4n) is 3.45. The van der Waals surface area contributed by atoms with Crippen LogP contribution in [-0.2, 0) is 11.2 Å². The van der Waals surface area contributed by atoms with Crippen LogP contribution >= 0.6 is 0 Å². The zero-order chi connectivity index (χ0) is 19.0. The van der Waals surface area contributed by atoms with Crippen molar-refractivity contribution in [2.45, 2.75) is 13.3 Å². The first-order chi connectivity index (χ1) is 13.1.